The molecule has 0 aliphatic heterocycles. The second-order valence-corrected chi connectivity index (χ2v) is 6.42. The van der Waals surface area contributed by atoms with Gasteiger partial charge in [0.1, 0.15) is 17.2 Å². The van der Waals surface area contributed by atoms with Crippen molar-refractivity contribution >= 4 is 23.1 Å². The number of aromatic nitrogens is 4. The molecule has 0 unspecified atom stereocenters. The van der Waals surface area contributed by atoms with Crippen LogP contribution in [0.25, 0.3) is 17.0 Å². The van der Waals surface area contributed by atoms with E-state index in [9.17, 15) is 0 Å². The van der Waals surface area contributed by atoms with Crippen molar-refractivity contribution in [2.45, 2.75) is 38.1 Å². The van der Waals surface area contributed by atoms with Crippen LogP contribution in [0.3, 0.4) is 0 Å². The lowest BCUT2D eigenvalue weighted by Crippen LogP contribution is -2.22. The summed E-state index contributed by atoms with van der Waals surface area (Å²) in [6.07, 6.45) is 13.6. The zero-order valence-corrected chi connectivity index (χ0v) is 13.5. The van der Waals surface area contributed by atoms with E-state index in [0.717, 1.165) is 22.9 Å². The maximum Gasteiger partial charge on any atom is 0.145 e. The predicted molar refractivity (Wildman–Crippen MR) is 91.7 cm³/mol. The van der Waals surface area contributed by atoms with Crippen molar-refractivity contribution in [1.82, 2.24) is 19.4 Å². The fourth-order valence-corrected chi connectivity index (χ4v) is 3.31. The molecule has 3 aromatic heterocycles. The summed E-state index contributed by atoms with van der Waals surface area (Å²) in [6, 6.07) is 4.19. The van der Waals surface area contributed by atoms with Gasteiger partial charge in [-0.2, -0.15) is 0 Å². The Morgan fingerprint density at radius 1 is 1.13 bits per heavy atom. The Bertz CT molecular complexity index is 823. The highest BCUT2D eigenvalue weighted by molar-refractivity contribution is 6.30. The average Bonchev–Trinajstić information content (AvgIpc) is 2.99. The SMILES string of the molecule is Clc1ccn2c(-c3cncc(NC4CCCCC4)n3)cnc2c1. The third kappa shape index (κ3) is 3.01. The first-order valence-corrected chi connectivity index (χ1v) is 8.39. The van der Waals surface area contributed by atoms with Gasteiger partial charge in [0.15, 0.2) is 0 Å². The maximum absolute atomic E-state index is 6.02. The van der Waals surface area contributed by atoms with E-state index in [-0.39, 0.29) is 0 Å². The normalized spacial score (nSPS) is 15.9. The van der Waals surface area contributed by atoms with Gasteiger partial charge in [0.2, 0.25) is 0 Å². The molecule has 118 valence electrons. The van der Waals surface area contributed by atoms with Crippen molar-refractivity contribution in [2.75, 3.05) is 5.32 Å². The van der Waals surface area contributed by atoms with Crippen LogP contribution in [0.5, 0.6) is 0 Å². The zero-order valence-electron chi connectivity index (χ0n) is 12.7. The van der Waals surface area contributed by atoms with E-state index in [1.807, 2.05) is 22.7 Å². The van der Waals surface area contributed by atoms with Crippen LogP contribution in [0.1, 0.15) is 32.1 Å². The monoisotopic (exact) mass is 327 g/mol. The van der Waals surface area contributed by atoms with Crippen LogP contribution in [0.2, 0.25) is 5.02 Å². The molecule has 0 amide bonds. The summed E-state index contributed by atoms with van der Waals surface area (Å²) in [4.78, 5) is 13.4. The largest absolute Gasteiger partial charge is 0.366 e. The smallest absolute Gasteiger partial charge is 0.145 e. The van der Waals surface area contributed by atoms with E-state index in [2.05, 4.69) is 15.3 Å². The third-order valence-electron chi connectivity index (χ3n) is 4.33. The number of nitrogens with zero attached hydrogens (tertiary/aromatic N) is 4. The molecule has 0 spiro atoms. The lowest BCUT2D eigenvalue weighted by atomic mass is 9.95. The van der Waals surface area contributed by atoms with E-state index < -0.39 is 0 Å². The van der Waals surface area contributed by atoms with Gasteiger partial charge in [-0.05, 0) is 18.9 Å². The number of halogens is 1. The summed E-state index contributed by atoms with van der Waals surface area (Å²) >= 11 is 6.02. The molecule has 4 rings (SSSR count). The third-order valence-corrected chi connectivity index (χ3v) is 4.56. The molecule has 1 aliphatic carbocycles. The van der Waals surface area contributed by atoms with E-state index in [4.69, 9.17) is 16.6 Å². The fourth-order valence-electron chi connectivity index (χ4n) is 3.16. The molecule has 0 aromatic carbocycles. The van der Waals surface area contributed by atoms with Crippen LogP contribution in [0.15, 0.2) is 36.9 Å². The number of anilines is 1. The van der Waals surface area contributed by atoms with E-state index in [1.165, 1.54) is 32.1 Å². The van der Waals surface area contributed by atoms with E-state index >= 15 is 0 Å². The van der Waals surface area contributed by atoms with Gasteiger partial charge in [-0.3, -0.25) is 9.38 Å². The number of nitrogens with one attached hydrogen (secondary N) is 1. The van der Waals surface area contributed by atoms with Gasteiger partial charge in [0.25, 0.3) is 0 Å². The number of hydrogen-bond acceptors (Lipinski definition) is 4. The van der Waals surface area contributed by atoms with Crippen LogP contribution in [-0.2, 0) is 0 Å². The molecule has 1 aliphatic rings. The van der Waals surface area contributed by atoms with Crippen molar-refractivity contribution in [3.8, 4) is 11.4 Å². The first kappa shape index (κ1) is 14.5. The van der Waals surface area contributed by atoms with Crippen LogP contribution in [0.4, 0.5) is 5.82 Å². The molecule has 3 aromatic rings. The molecule has 0 atom stereocenters. The summed E-state index contributed by atoms with van der Waals surface area (Å²) in [5.74, 6) is 0.832. The van der Waals surface area contributed by atoms with E-state index in [1.54, 1.807) is 18.6 Å². The Hall–Kier alpha value is -2.14. The van der Waals surface area contributed by atoms with Gasteiger partial charge < -0.3 is 5.32 Å². The highest BCUT2D eigenvalue weighted by Gasteiger charge is 2.14. The number of imidazole rings is 1. The number of pyridine rings is 1. The lowest BCUT2D eigenvalue weighted by Gasteiger charge is -2.23. The van der Waals surface area contributed by atoms with Gasteiger partial charge in [-0.1, -0.05) is 30.9 Å². The summed E-state index contributed by atoms with van der Waals surface area (Å²) in [5, 5.41) is 4.19. The first-order chi connectivity index (χ1) is 11.3. The van der Waals surface area contributed by atoms with Crippen LogP contribution in [0, 0.1) is 0 Å². The average molecular weight is 328 g/mol. The van der Waals surface area contributed by atoms with Crippen molar-refractivity contribution < 1.29 is 0 Å². The standard InChI is InChI=1S/C17H18ClN5/c18-12-6-7-23-15(10-20-17(23)8-12)14-9-19-11-16(22-14)21-13-4-2-1-3-5-13/h6-11,13H,1-5H2,(H,21,22). The van der Waals surface area contributed by atoms with Gasteiger partial charge >= 0.3 is 0 Å². The lowest BCUT2D eigenvalue weighted by molar-refractivity contribution is 0.462. The predicted octanol–water partition coefficient (Wildman–Crippen LogP) is 4.19. The Morgan fingerprint density at radius 2 is 2.00 bits per heavy atom. The minimum absolute atomic E-state index is 0.509. The number of fused-ring (bicyclic) bond motifs is 1. The summed E-state index contributed by atoms with van der Waals surface area (Å²) < 4.78 is 1.97. The van der Waals surface area contributed by atoms with Crippen LogP contribution in [-0.4, -0.2) is 25.4 Å². The molecule has 3 heterocycles. The minimum atomic E-state index is 0.509. The molecule has 1 saturated carbocycles. The Morgan fingerprint density at radius 3 is 2.87 bits per heavy atom. The second kappa shape index (κ2) is 6.16. The number of rotatable bonds is 3. The molecule has 0 radical (unpaired) electrons. The van der Waals surface area contributed by atoms with Crippen LogP contribution >= 0.6 is 11.6 Å². The minimum Gasteiger partial charge on any atom is -0.366 e. The molecule has 1 N–H and O–H groups in total. The summed E-state index contributed by atoms with van der Waals surface area (Å²) in [7, 11) is 0. The molecule has 5 nitrogen and oxygen atoms in total. The van der Waals surface area contributed by atoms with E-state index in [0.29, 0.717) is 11.1 Å². The molecule has 0 bridgehead atoms. The van der Waals surface area contributed by atoms with Gasteiger partial charge in [0, 0.05) is 23.3 Å². The molecular weight excluding hydrogens is 310 g/mol. The highest BCUT2D eigenvalue weighted by Crippen LogP contribution is 2.24. The molecule has 6 heteroatoms. The second-order valence-electron chi connectivity index (χ2n) is 5.99. The Balaban J connectivity index is 1.64. The van der Waals surface area contributed by atoms with Crippen molar-refractivity contribution in [2.24, 2.45) is 0 Å². The first-order valence-electron chi connectivity index (χ1n) is 8.01. The summed E-state index contributed by atoms with van der Waals surface area (Å²) in [6.45, 7) is 0. The Kier molecular flexibility index (Phi) is 3.87. The van der Waals surface area contributed by atoms with Gasteiger partial charge in [-0.25, -0.2) is 9.97 Å². The fraction of sp³-hybridized carbons (Fsp3) is 0.353. The molecule has 23 heavy (non-hydrogen) atoms. The molecular formula is C17H18ClN5. The van der Waals surface area contributed by atoms with Crippen LogP contribution < -0.4 is 5.32 Å². The van der Waals surface area contributed by atoms with Gasteiger partial charge in [0.05, 0.1) is 24.3 Å². The van der Waals surface area contributed by atoms with Crippen molar-refractivity contribution in [1.29, 1.82) is 0 Å². The van der Waals surface area contributed by atoms with Crippen molar-refractivity contribution in [3.63, 3.8) is 0 Å². The number of hydrogen-bond donors (Lipinski definition) is 1. The maximum atomic E-state index is 6.02. The zero-order chi connectivity index (χ0) is 15.6. The molecule has 0 saturated heterocycles. The van der Waals surface area contributed by atoms with Crippen molar-refractivity contribution in [3.05, 3.63) is 41.9 Å². The van der Waals surface area contributed by atoms with Gasteiger partial charge in [-0.15, -0.1) is 0 Å². The Labute approximate surface area is 139 Å². The highest BCUT2D eigenvalue weighted by atomic mass is 35.5. The molecule has 1 fully saturated rings. The topological polar surface area (TPSA) is 55.1 Å². The quantitative estimate of drug-likeness (QED) is 0.783. The summed E-state index contributed by atoms with van der Waals surface area (Å²) in [5.41, 5.74) is 2.53.